The first-order valence-corrected chi connectivity index (χ1v) is 15.0. The number of methoxy groups -OCH3 is 1. The van der Waals surface area contributed by atoms with Gasteiger partial charge in [0.2, 0.25) is 0 Å². The summed E-state index contributed by atoms with van der Waals surface area (Å²) >= 11 is 0. The molecular weight excluding hydrogens is 555 g/mol. The molecule has 0 spiro atoms. The van der Waals surface area contributed by atoms with Crippen LogP contribution in [0.4, 0.5) is 4.39 Å². The van der Waals surface area contributed by atoms with Crippen molar-refractivity contribution in [2.75, 3.05) is 26.8 Å². The molecule has 2 atom stereocenters. The number of benzene rings is 2. The van der Waals surface area contributed by atoms with Gasteiger partial charge < -0.3 is 29.4 Å². The van der Waals surface area contributed by atoms with Crippen LogP contribution in [0.3, 0.4) is 0 Å². The molecule has 2 N–H and O–H groups in total. The van der Waals surface area contributed by atoms with E-state index in [1.807, 2.05) is 0 Å². The van der Waals surface area contributed by atoms with Gasteiger partial charge in [0.05, 0.1) is 25.4 Å². The molecule has 3 aromatic rings. The molecule has 0 unspecified atom stereocenters. The average molecular weight is 593 g/mol. The van der Waals surface area contributed by atoms with Gasteiger partial charge in [0.1, 0.15) is 17.7 Å². The van der Waals surface area contributed by atoms with Crippen LogP contribution in [0, 0.1) is 5.82 Å². The molecule has 2 aliphatic heterocycles. The topological polar surface area (TPSA) is 115 Å². The number of likely N-dealkylation sites (tertiary alicyclic amines) is 1. The molecule has 10 nitrogen and oxygen atoms in total. The maximum Gasteiger partial charge on any atom is 0.258 e. The molecule has 0 radical (unpaired) electrons. The van der Waals surface area contributed by atoms with Crippen molar-refractivity contribution >= 4 is 11.8 Å². The smallest absolute Gasteiger partial charge is 0.258 e. The fourth-order valence-electron chi connectivity index (χ4n) is 6.21. The highest BCUT2D eigenvalue weighted by Crippen LogP contribution is 2.33. The highest BCUT2D eigenvalue weighted by molar-refractivity contribution is 5.94. The molecule has 1 aliphatic carbocycles. The van der Waals surface area contributed by atoms with Crippen LogP contribution in [-0.4, -0.2) is 60.8 Å². The van der Waals surface area contributed by atoms with E-state index in [9.17, 15) is 14.0 Å². The van der Waals surface area contributed by atoms with Gasteiger partial charge in [-0.15, -0.1) is 0 Å². The van der Waals surface area contributed by atoms with E-state index < -0.39 is 18.0 Å². The summed E-state index contributed by atoms with van der Waals surface area (Å²) in [5, 5.41) is 10.2. The van der Waals surface area contributed by atoms with Crippen molar-refractivity contribution in [1.82, 2.24) is 20.7 Å². The number of aromatic nitrogens is 1. The van der Waals surface area contributed by atoms with Crippen molar-refractivity contribution in [3.8, 4) is 17.2 Å². The number of ether oxygens (including phenoxy) is 3. The van der Waals surface area contributed by atoms with Crippen LogP contribution in [0.25, 0.3) is 0 Å². The Bertz CT molecular complexity index is 1460. The summed E-state index contributed by atoms with van der Waals surface area (Å²) in [5.41, 5.74) is 1.90. The Morgan fingerprint density at radius 1 is 1.07 bits per heavy atom. The van der Waals surface area contributed by atoms with Crippen molar-refractivity contribution in [2.24, 2.45) is 0 Å². The summed E-state index contributed by atoms with van der Waals surface area (Å²) in [4.78, 5) is 28.2. The van der Waals surface area contributed by atoms with Gasteiger partial charge >= 0.3 is 0 Å². The summed E-state index contributed by atoms with van der Waals surface area (Å²) in [6, 6.07) is 10.8. The maximum absolute atomic E-state index is 14.6. The lowest BCUT2D eigenvalue weighted by atomic mass is 9.87. The Balaban J connectivity index is 1.21. The number of piperidine rings is 1. The second kappa shape index (κ2) is 13.0. The molecule has 2 fully saturated rings. The molecule has 2 aromatic carbocycles. The first-order chi connectivity index (χ1) is 20.9. The molecule has 1 saturated carbocycles. The molecule has 3 heterocycles. The summed E-state index contributed by atoms with van der Waals surface area (Å²) in [7, 11) is 1.49. The third-order valence-corrected chi connectivity index (χ3v) is 8.42. The third kappa shape index (κ3) is 7.10. The van der Waals surface area contributed by atoms with E-state index >= 15 is 0 Å². The average Bonchev–Trinajstić information content (AvgIpc) is 3.48. The number of hydrogen-bond donors (Lipinski definition) is 2. The van der Waals surface area contributed by atoms with Crippen LogP contribution in [0.5, 0.6) is 17.2 Å². The van der Waals surface area contributed by atoms with E-state index in [0.717, 1.165) is 24.3 Å². The zero-order chi connectivity index (χ0) is 29.8. The van der Waals surface area contributed by atoms with E-state index in [1.54, 1.807) is 18.2 Å². The molecule has 3 aliphatic rings. The van der Waals surface area contributed by atoms with Crippen LogP contribution in [0.2, 0.25) is 0 Å². The predicted octanol–water partition coefficient (Wildman–Crippen LogP) is 4.33. The number of amides is 2. The van der Waals surface area contributed by atoms with E-state index in [2.05, 4.69) is 26.8 Å². The number of nitrogens with zero attached hydrogens (tertiary/aromatic N) is 2. The number of hydrogen-bond acceptors (Lipinski definition) is 8. The minimum absolute atomic E-state index is 0.105. The minimum atomic E-state index is -0.472. The highest BCUT2D eigenvalue weighted by Gasteiger charge is 2.33. The molecule has 43 heavy (non-hydrogen) atoms. The second-order valence-electron chi connectivity index (χ2n) is 11.5. The van der Waals surface area contributed by atoms with E-state index in [0.29, 0.717) is 54.6 Å². The van der Waals surface area contributed by atoms with Crippen molar-refractivity contribution in [2.45, 2.75) is 69.7 Å². The van der Waals surface area contributed by atoms with Gasteiger partial charge in [-0.3, -0.25) is 14.5 Å². The molecule has 228 valence electrons. The van der Waals surface area contributed by atoms with Gasteiger partial charge in [-0.25, -0.2) is 4.39 Å². The summed E-state index contributed by atoms with van der Waals surface area (Å²) in [6.45, 7) is 1.56. The standard InChI is InChI=1S/C32H37FN4O6/c1-40-29-8-7-22-13-30(29)41-19-31(38)35-27-18-37(17-25-15-26(36-43-25)21-5-3-2-4-6-21)10-9-28(27)42-24-12-20(11-23(33)14-24)16-34-32(22)39/h7-8,11-15,21,27-28H,2-6,9-10,16-19H2,1H3,(H,34,39)(H,35,38)/t27-,28+/m1/s1. The Labute approximate surface area is 249 Å². The van der Waals surface area contributed by atoms with Gasteiger partial charge in [0.25, 0.3) is 11.8 Å². The first-order valence-electron chi connectivity index (χ1n) is 15.0. The fourth-order valence-corrected chi connectivity index (χ4v) is 6.21. The third-order valence-electron chi connectivity index (χ3n) is 8.42. The molecular formula is C32H37FN4O6. The lowest BCUT2D eigenvalue weighted by Crippen LogP contribution is -2.57. The van der Waals surface area contributed by atoms with E-state index in [-0.39, 0.29) is 30.7 Å². The summed E-state index contributed by atoms with van der Waals surface area (Å²) in [6.07, 6.45) is 6.21. The number of carbonyl (C=O) groups excluding carboxylic acids is 2. The quantitative estimate of drug-likeness (QED) is 0.460. The number of rotatable bonds is 4. The predicted molar refractivity (Wildman–Crippen MR) is 155 cm³/mol. The second-order valence-corrected chi connectivity index (χ2v) is 11.5. The fraction of sp³-hybridized carbons (Fsp3) is 0.469. The zero-order valence-electron chi connectivity index (χ0n) is 24.3. The van der Waals surface area contributed by atoms with Crippen molar-refractivity contribution in [3.63, 3.8) is 0 Å². The number of fused-ring (bicyclic) bond motifs is 5. The van der Waals surface area contributed by atoms with Crippen LogP contribution < -0.4 is 24.8 Å². The Kier molecular flexibility index (Phi) is 8.78. The van der Waals surface area contributed by atoms with Crippen LogP contribution >= 0.6 is 0 Å². The monoisotopic (exact) mass is 592 g/mol. The van der Waals surface area contributed by atoms with Crippen LogP contribution in [0.15, 0.2) is 47.0 Å². The molecule has 2 amide bonds. The van der Waals surface area contributed by atoms with Crippen LogP contribution in [-0.2, 0) is 17.9 Å². The van der Waals surface area contributed by atoms with Gasteiger partial charge in [-0.05, 0) is 55.2 Å². The van der Waals surface area contributed by atoms with Gasteiger partial charge in [0.15, 0.2) is 23.9 Å². The SMILES string of the molecule is COc1ccc2cc1OCC(=O)N[C@@H]1CN(Cc3cc(C4CCCCC4)no3)CC[C@@H]1Oc1cc(F)cc(c1)CNC2=O. The van der Waals surface area contributed by atoms with Crippen molar-refractivity contribution in [3.05, 3.63) is 70.9 Å². The summed E-state index contributed by atoms with van der Waals surface area (Å²) < 4.78 is 37.8. The van der Waals surface area contributed by atoms with Crippen molar-refractivity contribution < 1.29 is 32.7 Å². The lowest BCUT2D eigenvalue weighted by molar-refractivity contribution is -0.125. The van der Waals surface area contributed by atoms with Gasteiger partial charge in [0, 0.05) is 43.2 Å². The molecule has 4 bridgehead atoms. The summed E-state index contributed by atoms with van der Waals surface area (Å²) in [5.74, 6) is 1.05. The van der Waals surface area contributed by atoms with Crippen molar-refractivity contribution in [1.29, 1.82) is 0 Å². The zero-order valence-corrected chi connectivity index (χ0v) is 24.3. The van der Waals surface area contributed by atoms with Gasteiger partial charge in [-0.2, -0.15) is 0 Å². The van der Waals surface area contributed by atoms with Gasteiger partial charge in [-0.1, -0.05) is 24.4 Å². The Morgan fingerprint density at radius 3 is 2.77 bits per heavy atom. The Hall–Kier alpha value is -4.12. The molecule has 6 rings (SSSR count). The normalized spacial score (nSPS) is 22.0. The number of halogens is 1. The Morgan fingerprint density at radius 2 is 1.93 bits per heavy atom. The molecule has 1 saturated heterocycles. The van der Waals surface area contributed by atoms with Crippen LogP contribution in [0.1, 0.15) is 71.8 Å². The minimum Gasteiger partial charge on any atom is -0.493 e. The number of carbonyl (C=O) groups is 2. The molecule has 11 heteroatoms. The highest BCUT2D eigenvalue weighted by atomic mass is 19.1. The molecule has 1 aromatic heterocycles. The lowest BCUT2D eigenvalue weighted by Gasteiger charge is -2.38. The van der Waals surface area contributed by atoms with E-state index in [1.165, 1.54) is 44.6 Å². The maximum atomic E-state index is 14.6. The number of nitrogens with one attached hydrogen (secondary N) is 2. The first kappa shape index (κ1) is 29.0. The van der Waals surface area contributed by atoms with E-state index in [4.69, 9.17) is 18.7 Å². The largest absolute Gasteiger partial charge is 0.493 e.